The highest BCUT2D eigenvalue weighted by atomic mass is 16.5. The Bertz CT molecular complexity index is 310. The Morgan fingerprint density at radius 1 is 1.35 bits per heavy atom. The summed E-state index contributed by atoms with van der Waals surface area (Å²) in [4.78, 5) is 2.18. The second-order valence-electron chi connectivity index (χ2n) is 4.63. The van der Waals surface area contributed by atoms with Crippen molar-refractivity contribution in [3.05, 3.63) is 23.7 Å². The van der Waals surface area contributed by atoms with Crippen LogP contribution in [0, 0.1) is 0 Å². The number of nitrogens with zero attached hydrogens (tertiary/aromatic N) is 1. The number of likely N-dealkylation sites (N-methyl/N-ethyl adjacent to an activating group) is 1. The van der Waals surface area contributed by atoms with E-state index in [9.17, 15) is 0 Å². The van der Waals surface area contributed by atoms with E-state index in [1.807, 2.05) is 12.1 Å². The van der Waals surface area contributed by atoms with Gasteiger partial charge in [0.2, 0.25) is 0 Å². The van der Waals surface area contributed by atoms with E-state index in [1.54, 1.807) is 7.11 Å². The molecule has 1 aromatic rings. The maximum absolute atomic E-state index is 5.74. The summed E-state index contributed by atoms with van der Waals surface area (Å²) in [5.41, 5.74) is 0. The van der Waals surface area contributed by atoms with Gasteiger partial charge in [0, 0.05) is 19.7 Å². The molecule has 0 bridgehead atoms. The highest BCUT2D eigenvalue weighted by Crippen LogP contribution is 2.09. The van der Waals surface area contributed by atoms with Crippen LogP contribution in [0.2, 0.25) is 0 Å². The van der Waals surface area contributed by atoms with E-state index in [4.69, 9.17) is 9.15 Å². The molecule has 0 fully saturated rings. The number of hydrogen-bond donors (Lipinski definition) is 1. The summed E-state index contributed by atoms with van der Waals surface area (Å²) in [6, 6.07) is 4.56. The molecule has 0 aliphatic heterocycles. The molecule has 0 aliphatic rings. The van der Waals surface area contributed by atoms with Crippen molar-refractivity contribution >= 4 is 0 Å². The highest BCUT2D eigenvalue weighted by molar-refractivity contribution is 5.07. The van der Waals surface area contributed by atoms with Gasteiger partial charge >= 0.3 is 0 Å². The standard InChI is InChI=1S/C13H24N2O2/c1-11(2)14-9-12-5-6-13(17-12)10-15(3)7-8-16-4/h5-6,11,14H,7-10H2,1-4H3. The molecule has 1 N–H and O–H groups in total. The Labute approximate surface area is 104 Å². The van der Waals surface area contributed by atoms with Crippen LogP contribution in [-0.2, 0) is 17.8 Å². The molecule has 98 valence electrons. The lowest BCUT2D eigenvalue weighted by atomic mass is 10.3. The molecule has 0 radical (unpaired) electrons. The van der Waals surface area contributed by atoms with Crippen molar-refractivity contribution in [2.75, 3.05) is 27.3 Å². The Morgan fingerprint density at radius 2 is 2.06 bits per heavy atom. The van der Waals surface area contributed by atoms with Crippen LogP contribution in [0.5, 0.6) is 0 Å². The van der Waals surface area contributed by atoms with E-state index in [-0.39, 0.29) is 0 Å². The average Bonchev–Trinajstić information content (AvgIpc) is 2.71. The smallest absolute Gasteiger partial charge is 0.118 e. The number of rotatable bonds is 8. The van der Waals surface area contributed by atoms with Gasteiger partial charge in [-0.25, -0.2) is 0 Å². The zero-order chi connectivity index (χ0) is 12.7. The van der Waals surface area contributed by atoms with Gasteiger partial charge in [-0.1, -0.05) is 13.8 Å². The largest absolute Gasteiger partial charge is 0.463 e. The number of methoxy groups -OCH3 is 1. The molecule has 0 aliphatic carbocycles. The Balaban J connectivity index is 2.34. The first-order valence-electron chi connectivity index (χ1n) is 6.10. The monoisotopic (exact) mass is 240 g/mol. The summed E-state index contributed by atoms with van der Waals surface area (Å²) >= 11 is 0. The van der Waals surface area contributed by atoms with Crippen LogP contribution in [0.3, 0.4) is 0 Å². The first kappa shape index (κ1) is 14.2. The molecule has 0 unspecified atom stereocenters. The van der Waals surface area contributed by atoms with Gasteiger partial charge in [-0.15, -0.1) is 0 Å². The van der Waals surface area contributed by atoms with Gasteiger partial charge in [0.15, 0.2) is 0 Å². The minimum Gasteiger partial charge on any atom is -0.463 e. The third kappa shape index (κ3) is 5.86. The first-order valence-corrected chi connectivity index (χ1v) is 6.10. The van der Waals surface area contributed by atoms with E-state index in [0.29, 0.717) is 6.04 Å². The van der Waals surface area contributed by atoms with E-state index in [2.05, 4.69) is 31.1 Å². The van der Waals surface area contributed by atoms with Crippen molar-refractivity contribution in [2.45, 2.75) is 33.0 Å². The maximum atomic E-state index is 5.74. The number of ether oxygens (including phenoxy) is 1. The molecule has 17 heavy (non-hydrogen) atoms. The zero-order valence-electron chi connectivity index (χ0n) is 11.3. The number of furan rings is 1. The fourth-order valence-corrected chi connectivity index (χ4v) is 1.50. The van der Waals surface area contributed by atoms with Crippen LogP contribution in [0.25, 0.3) is 0 Å². The van der Waals surface area contributed by atoms with Crippen LogP contribution in [0.4, 0.5) is 0 Å². The molecule has 1 rings (SSSR count). The maximum Gasteiger partial charge on any atom is 0.118 e. The van der Waals surface area contributed by atoms with Crippen molar-refractivity contribution in [3.8, 4) is 0 Å². The topological polar surface area (TPSA) is 37.6 Å². The second kappa shape index (κ2) is 7.48. The van der Waals surface area contributed by atoms with Gasteiger partial charge in [0.1, 0.15) is 11.5 Å². The molecule has 0 saturated heterocycles. The van der Waals surface area contributed by atoms with Gasteiger partial charge in [0.25, 0.3) is 0 Å². The van der Waals surface area contributed by atoms with Gasteiger partial charge in [-0.3, -0.25) is 4.90 Å². The minimum atomic E-state index is 0.480. The Morgan fingerprint density at radius 3 is 2.71 bits per heavy atom. The molecular weight excluding hydrogens is 216 g/mol. The van der Waals surface area contributed by atoms with Crippen molar-refractivity contribution in [2.24, 2.45) is 0 Å². The van der Waals surface area contributed by atoms with E-state index in [1.165, 1.54) is 0 Å². The number of nitrogens with one attached hydrogen (secondary N) is 1. The van der Waals surface area contributed by atoms with Gasteiger partial charge in [0.05, 0.1) is 19.7 Å². The van der Waals surface area contributed by atoms with Gasteiger partial charge < -0.3 is 14.5 Å². The summed E-state index contributed by atoms with van der Waals surface area (Å²) in [7, 11) is 3.78. The predicted octanol–water partition coefficient (Wildman–Crippen LogP) is 1.86. The van der Waals surface area contributed by atoms with Crippen LogP contribution in [0.15, 0.2) is 16.5 Å². The second-order valence-corrected chi connectivity index (χ2v) is 4.63. The molecule has 0 amide bonds. The average molecular weight is 240 g/mol. The quantitative estimate of drug-likeness (QED) is 0.752. The van der Waals surface area contributed by atoms with E-state index >= 15 is 0 Å². The van der Waals surface area contributed by atoms with Gasteiger partial charge in [-0.05, 0) is 19.2 Å². The molecule has 4 nitrogen and oxygen atoms in total. The summed E-state index contributed by atoms with van der Waals surface area (Å²) in [6.45, 7) is 7.53. The lowest BCUT2D eigenvalue weighted by molar-refractivity contribution is 0.154. The molecule has 0 aromatic carbocycles. The Kier molecular flexibility index (Phi) is 6.26. The highest BCUT2D eigenvalue weighted by Gasteiger charge is 2.05. The van der Waals surface area contributed by atoms with Crippen molar-refractivity contribution < 1.29 is 9.15 Å². The minimum absolute atomic E-state index is 0.480. The lowest BCUT2D eigenvalue weighted by Gasteiger charge is -2.14. The van der Waals surface area contributed by atoms with Gasteiger partial charge in [-0.2, -0.15) is 0 Å². The molecule has 0 atom stereocenters. The molecule has 4 heteroatoms. The van der Waals surface area contributed by atoms with Crippen LogP contribution < -0.4 is 5.32 Å². The molecule has 1 aromatic heterocycles. The fourth-order valence-electron chi connectivity index (χ4n) is 1.50. The molecule has 0 spiro atoms. The third-order valence-corrected chi connectivity index (χ3v) is 2.50. The summed E-state index contributed by atoms with van der Waals surface area (Å²) in [5.74, 6) is 2.00. The molecule has 0 saturated carbocycles. The lowest BCUT2D eigenvalue weighted by Crippen LogP contribution is -2.22. The molecular formula is C13H24N2O2. The van der Waals surface area contributed by atoms with Crippen molar-refractivity contribution in [1.82, 2.24) is 10.2 Å². The number of hydrogen-bond acceptors (Lipinski definition) is 4. The summed E-state index contributed by atoms with van der Waals surface area (Å²) in [6.07, 6.45) is 0. The first-order chi connectivity index (χ1) is 8.11. The zero-order valence-corrected chi connectivity index (χ0v) is 11.3. The van der Waals surface area contributed by atoms with Crippen LogP contribution >= 0.6 is 0 Å². The van der Waals surface area contributed by atoms with E-state index < -0.39 is 0 Å². The summed E-state index contributed by atoms with van der Waals surface area (Å²) in [5, 5.41) is 3.34. The van der Waals surface area contributed by atoms with E-state index in [0.717, 1.165) is 37.8 Å². The summed E-state index contributed by atoms with van der Waals surface area (Å²) < 4.78 is 10.8. The fraction of sp³-hybridized carbons (Fsp3) is 0.692. The van der Waals surface area contributed by atoms with Crippen LogP contribution in [0.1, 0.15) is 25.4 Å². The molecule has 1 heterocycles. The normalized spacial score (nSPS) is 11.6. The van der Waals surface area contributed by atoms with Crippen LogP contribution in [-0.4, -0.2) is 38.3 Å². The van der Waals surface area contributed by atoms with Crippen molar-refractivity contribution in [3.63, 3.8) is 0 Å². The predicted molar refractivity (Wildman–Crippen MR) is 68.9 cm³/mol. The Hall–Kier alpha value is -0.840. The SMILES string of the molecule is COCCN(C)Cc1ccc(CNC(C)C)o1. The van der Waals surface area contributed by atoms with Crippen molar-refractivity contribution in [1.29, 1.82) is 0 Å². The third-order valence-electron chi connectivity index (χ3n) is 2.50.